The van der Waals surface area contributed by atoms with Crippen molar-refractivity contribution in [1.29, 1.82) is 0 Å². The Morgan fingerprint density at radius 2 is 2.26 bits per heavy atom. The normalized spacial score (nSPS) is 15.4. The number of nitrogens with one attached hydrogen (secondary N) is 1. The summed E-state index contributed by atoms with van der Waals surface area (Å²) in [7, 11) is 0. The molecule has 0 aromatic carbocycles. The fraction of sp³-hybridized carbons (Fsp3) is 0.562. The summed E-state index contributed by atoms with van der Waals surface area (Å²) in [4.78, 5) is 31.1. The van der Waals surface area contributed by atoms with Gasteiger partial charge in [0.05, 0.1) is 11.7 Å². The number of amides is 1. The molecule has 3 rings (SSSR count). The molecule has 0 unspecified atom stereocenters. The Kier molecular flexibility index (Phi) is 4.77. The van der Waals surface area contributed by atoms with E-state index in [9.17, 15) is 9.59 Å². The van der Waals surface area contributed by atoms with Gasteiger partial charge < -0.3 is 11.1 Å². The molecule has 0 saturated carbocycles. The quantitative estimate of drug-likeness (QED) is 0.859. The Hall–Kier alpha value is -1.73. The highest BCUT2D eigenvalue weighted by atomic mass is 32.1. The van der Waals surface area contributed by atoms with Crippen molar-refractivity contribution in [3.05, 3.63) is 27.1 Å². The molecule has 0 saturated heterocycles. The van der Waals surface area contributed by atoms with Gasteiger partial charge in [-0.15, -0.1) is 11.3 Å². The van der Waals surface area contributed by atoms with Gasteiger partial charge in [-0.25, -0.2) is 4.98 Å². The van der Waals surface area contributed by atoms with Crippen molar-refractivity contribution >= 4 is 27.5 Å². The average Bonchev–Trinajstić information content (AvgIpc) is 2.93. The third-order valence-electron chi connectivity index (χ3n) is 4.28. The predicted octanol–water partition coefficient (Wildman–Crippen LogP) is 1.19. The zero-order chi connectivity index (χ0) is 16.4. The molecule has 0 aliphatic heterocycles. The molecule has 2 heterocycles. The number of nitrogens with two attached hydrogens (primary N) is 1. The number of fused-ring (bicyclic) bond motifs is 3. The standard InChI is InChI=1S/C16H22N4O2S/c1-10(8-17)19-13(21)6-7-20-9-18-15-14(16(20)22)11-4-2-3-5-12(11)23-15/h9-10H,2-8,17H2,1H3,(H,19,21)/t10-/m0/s1. The van der Waals surface area contributed by atoms with E-state index in [-0.39, 0.29) is 23.9 Å². The smallest absolute Gasteiger partial charge is 0.262 e. The third-order valence-corrected chi connectivity index (χ3v) is 5.48. The number of rotatable bonds is 5. The van der Waals surface area contributed by atoms with Crippen LogP contribution in [0.3, 0.4) is 0 Å². The molecule has 23 heavy (non-hydrogen) atoms. The van der Waals surface area contributed by atoms with Gasteiger partial charge in [-0.3, -0.25) is 14.2 Å². The summed E-state index contributed by atoms with van der Waals surface area (Å²) in [5, 5.41) is 3.57. The Bertz CT molecular complexity index is 780. The van der Waals surface area contributed by atoms with E-state index >= 15 is 0 Å². The fourth-order valence-electron chi connectivity index (χ4n) is 2.97. The maximum Gasteiger partial charge on any atom is 0.262 e. The van der Waals surface area contributed by atoms with Gasteiger partial charge >= 0.3 is 0 Å². The van der Waals surface area contributed by atoms with Gasteiger partial charge in [0, 0.05) is 30.4 Å². The van der Waals surface area contributed by atoms with E-state index in [4.69, 9.17) is 5.73 Å². The van der Waals surface area contributed by atoms with Crippen molar-refractivity contribution in [2.24, 2.45) is 5.73 Å². The number of hydrogen-bond donors (Lipinski definition) is 2. The van der Waals surface area contributed by atoms with Crippen molar-refractivity contribution in [2.75, 3.05) is 6.54 Å². The highest BCUT2D eigenvalue weighted by Gasteiger charge is 2.20. The molecule has 2 aromatic rings. The lowest BCUT2D eigenvalue weighted by molar-refractivity contribution is -0.121. The Morgan fingerprint density at radius 1 is 1.48 bits per heavy atom. The van der Waals surface area contributed by atoms with Crippen LogP contribution in [0, 0.1) is 0 Å². The first kappa shape index (κ1) is 16.1. The summed E-state index contributed by atoms with van der Waals surface area (Å²) in [6, 6.07) is -0.0521. The number of aromatic nitrogens is 2. The van der Waals surface area contributed by atoms with Gasteiger partial charge in [-0.2, -0.15) is 0 Å². The molecule has 0 bridgehead atoms. The SMILES string of the molecule is C[C@@H](CN)NC(=O)CCn1cnc2sc3c(c2c1=O)CCCC3. The summed E-state index contributed by atoms with van der Waals surface area (Å²) < 4.78 is 1.55. The Labute approximate surface area is 138 Å². The van der Waals surface area contributed by atoms with E-state index in [0.717, 1.165) is 29.5 Å². The van der Waals surface area contributed by atoms with Crippen LogP contribution in [-0.4, -0.2) is 28.0 Å². The van der Waals surface area contributed by atoms with Crippen molar-refractivity contribution in [3.8, 4) is 0 Å². The molecule has 7 heteroatoms. The van der Waals surface area contributed by atoms with Crippen LogP contribution >= 0.6 is 11.3 Å². The van der Waals surface area contributed by atoms with Gasteiger partial charge in [0.15, 0.2) is 0 Å². The lowest BCUT2D eigenvalue weighted by atomic mass is 9.97. The first-order valence-corrected chi connectivity index (χ1v) is 8.91. The van der Waals surface area contributed by atoms with Crippen LogP contribution in [0.5, 0.6) is 0 Å². The number of thiophene rings is 1. The Balaban J connectivity index is 1.81. The van der Waals surface area contributed by atoms with E-state index in [1.54, 1.807) is 22.2 Å². The lowest BCUT2D eigenvalue weighted by Gasteiger charge is -2.12. The molecule has 1 aliphatic rings. The molecular weight excluding hydrogens is 312 g/mol. The van der Waals surface area contributed by atoms with E-state index in [1.807, 2.05) is 6.92 Å². The van der Waals surface area contributed by atoms with E-state index in [1.165, 1.54) is 16.9 Å². The minimum Gasteiger partial charge on any atom is -0.352 e. The molecule has 1 atom stereocenters. The maximum absolute atomic E-state index is 12.7. The molecule has 0 radical (unpaired) electrons. The third kappa shape index (κ3) is 3.30. The molecule has 0 spiro atoms. The van der Waals surface area contributed by atoms with Gasteiger partial charge in [-0.05, 0) is 38.2 Å². The monoisotopic (exact) mass is 334 g/mol. The molecule has 3 N–H and O–H groups in total. The number of carbonyl (C=O) groups is 1. The van der Waals surface area contributed by atoms with Crippen molar-refractivity contribution in [3.63, 3.8) is 0 Å². The van der Waals surface area contributed by atoms with E-state index < -0.39 is 0 Å². The van der Waals surface area contributed by atoms with Crippen LogP contribution in [-0.2, 0) is 24.2 Å². The average molecular weight is 334 g/mol. The van der Waals surface area contributed by atoms with Crippen molar-refractivity contribution in [1.82, 2.24) is 14.9 Å². The molecule has 0 fully saturated rings. The minimum atomic E-state index is -0.0951. The highest BCUT2D eigenvalue weighted by Crippen LogP contribution is 2.33. The topological polar surface area (TPSA) is 90.0 Å². The summed E-state index contributed by atoms with van der Waals surface area (Å²) in [5.41, 5.74) is 6.65. The van der Waals surface area contributed by atoms with Crippen LogP contribution < -0.4 is 16.6 Å². The number of aryl methyl sites for hydroxylation is 3. The summed E-state index contributed by atoms with van der Waals surface area (Å²) in [6.45, 7) is 2.60. The van der Waals surface area contributed by atoms with E-state index in [0.29, 0.717) is 13.1 Å². The molecule has 1 aliphatic carbocycles. The Morgan fingerprint density at radius 3 is 3.04 bits per heavy atom. The number of hydrogen-bond acceptors (Lipinski definition) is 5. The van der Waals surface area contributed by atoms with Crippen LogP contribution in [0.1, 0.15) is 36.6 Å². The first-order chi connectivity index (χ1) is 11.1. The number of nitrogens with zero attached hydrogens (tertiary/aromatic N) is 2. The van der Waals surface area contributed by atoms with E-state index in [2.05, 4.69) is 10.3 Å². The summed E-state index contributed by atoms with van der Waals surface area (Å²) >= 11 is 1.64. The van der Waals surface area contributed by atoms with Gasteiger partial charge in [0.1, 0.15) is 4.83 Å². The van der Waals surface area contributed by atoms with Gasteiger partial charge in [0.2, 0.25) is 5.91 Å². The first-order valence-electron chi connectivity index (χ1n) is 8.09. The largest absolute Gasteiger partial charge is 0.352 e. The second kappa shape index (κ2) is 6.80. The molecule has 124 valence electrons. The van der Waals surface area contributed by atoms with Crippen molar-refractivity contribution < 1.29 is 4.79 Å². The zero-order valence-corrected chi connectivity index (χ0v) is 14.1. The predicted molar refractivity (Wildman–Crippen MR) is 91.8 cm³/mol. The zero-order valence-electron chi connectivity index (χ0n) is 13.3. The minimum absolute atomic E-state index is 0.0194. The van der Waals surface area contributed by atoms with Crippen LogP contribution in [0.2, 0.25) is 0 Å². The molecule has 6 nitrogen and oxygen atoms in total. The highest BCUT2D eigenvalue weighted by molar-refractivity contribution is 7.18. The lowest BCUT2D eigenvalue weighted by Crippen LogP contribution is -2.38. The second-order valence-corrected chi connectivity index (χ2v) is 7.17. The van der Waals surface area contributed by atoms with Crippen molar-refractivity contribution in [2.45, 2.75) is 51.6 Å². The maximum atomic E-state index is 12.7. The fourth-order valence-corrected chi connectivity index (χ4v) is 4.19. The van der Waals surface area contributed by atoms with Crippen LogP contribution in [0.4, 0.5) is 0 Å². The van der Waals surface area contributed by atoms with Crippen LogP contribution in [0.15, 0.2) is 11.1 Å². The second-order valence-electron chi connectivity index (χ2n) is 6.09. The van der Waals surface area contributed by atoms with Gasteiger partial charge in [-0.1, -0.05) is 0 Å². The summed E-state index contributed by atoms with van der Waals surface area (Å²) in [6.07, 6.45) is 6.15. The molecular formula is C16H22N4O2S. The summed E-state index contributed by atoms with van der Waals surface area (Å²) in [5.74, 6) is -0.0951. The van der Waals surface area contributed by atoms with Crippen LogP contribution in [0.25, 0.3) is 10.2 Å². The van der Waals surface area contributed by atoms with Gasteiger partial charge in [0.25, 0.3) is 5.56 Å². The number of carbonyl (C=O) groups excluding carboxylic acids is 1. The molecule has 2 aromatic heterocycles. The molecule has 1 amide bonds.